The van der Waals surface area contributed by atoms with E-state index in [0.717, 1.165) is 6.42 Å². The Labute approximate surface area is 103 Å². The van der Waals surface area contributed by atoms with Gasteiger partial charge in [0, 0.05) is 0 Å². The van der Waals surface area contributed by atoms with Crippen LogP contribution in [0, 0.1) is 6.92 Å². The molecule has 0 saturated carbocycles. The third-order valence-corrected chi connectivity index (χ3v) is 2.68. The van der Waals surface area contributed by atoms with Gasteiger partial charge in [0.1, 0.15) is 0 Å². The average molecular weight is 221 g/mol. The van der Waals surface area contributed by atoms with Crippen LogP contribution in [0.3, 0.4) is 0 Å². The van der Waals surface area contributed by atoms with Gasteiger partial charge in [-0.05, 0) is 38.5 Å². The smallest absolute Gasteiger partial charge is 0.0316 e. The van der Waals surface area contributed by atoms with E-state index in [1.54, 1.807) is 0 Å². The molecule has 0 unspecified atom stereocenters. The largest absolute Gasteiger partial charge is 0.0885 e. The Morgan fingerprint density at radius 1 is 0.688 bits per heavy atom. The van der Waals surface area contributed by atoms with Crippen LogP contribution in [0.1, 0.15) is 71.1 Å². The van der Waals surface area contributed by atoms with Crippen molar-refractivity contribution >= 4 is 0 Å². The SMILES string of the molecule is [CH2]CCCC=CCCC=CCCCCCC. The molecular formula is C16H29. The molecule has 93 valence electrons. The first-order chi connectivity index (χ1) is 7.91. The normalized spacial score (nSPS) is 11.9. The first-order valence-electron chi connectivity index (χ1n) is 7.01. The van der Waals surface area contributed by atoms with Crippen LogP contribution in [0.25, 0.3) is 0 Å². The molecule has 0 aliphatic carbocycles. The molecule has 0 amide bonds. The lowest BCUT2D eigenvalue weighted by Crippen LogP contribution is -1.74. The monoisotopic (exact) mass is 221 g/mol. The summed E-state index contributed by atoms with van der Waals surface area (Å²) in [5, 5.41) is 0. The van der Waals surface area contributed by atoms with Crippen LogP contribution in [-0.4, -0.2) is 0 Å². The minimum Gasteiger partial charge on any atom is -0.0885 e. The summed E-state index contributed by atoms with van der Waals surface area (Å²) in [7, 11) is 0. The van der Waals surface area contributed by atoms with Crippen LogP contribution in [-0.2, 0) is 0 Å². The van der Waals surface area contributed by atoms with E-state index in [4.69, 9.17) is 0 Å². The van der Waals surface area contributed by atoms with E-state index in [-0.39, 0.29) is 0 Å². The van der Waals surface area contributed by atoms with E-state index < -0.39 is 0 Å². The highest BCUT2D eigenvalue weighted by molar-refractivity contribution is 4.88. The lowest BCUT2D eigenvalue weighted by atomic mass is 10.1. The number of unbranched alkanes of at least 4 members (excludes halogenated alkanes) is 7. The fraction of sp³-hybridized carbons (Fsp3) is 0.688. The van der Waals surface area contributed by atoms with E-state index in [1.165, 1.54) is 57.8 Å². The van der Waals surface area contributed by atoms with E-state index in [0.29, 0.717) is 0 Å². The molecule has 0 rings (SSSR count). The predicted molar refractivity (Wildman–Crippen MR) is 75.5 cm³/mol. The second-order valence-corrected chi connectivity index (χ2v) is 4.37. The van der Waals surface area contributed by atoms with E-state index in [9.17, 15) is 0 Å². The van der Waals surface area contributed by atoms with Gasteiger partial charge in [0.25, 0.3) is 0 Å². The fourth-order valence-corrected chi connectivity index (χ4v) is 1.62. The molecule has 0 heteroatoms. The second-order valence-electron chi connectivity index (χ2n) is 4.37. The summed E-state index contributed by atoms with van der Waals surface area (Å²) in [6.07, 6.45) is 21.9. The van der Waals surface area contributed by atoms with Crippen LogP contribution in [0.5, 0.6) is 0 Å². The first-order valence-corrected chi connectivity index (χ1v) is 7.01. The van der Waals surface area contributed by atoms with Gasteiger partial charge in [-0.1, -0.05) is 63.8 Å². The minimum absolute atomic E-state index is 1.06. The maximum atomic E-state index is 3.83. The molecule has 0 heterocycles. The zero-order valence-corrected chi connectivity index (χ0v) is 11.1. The first kappa shape index (κ1) is 15.5. The van der Waals surface area contributed by atoms with Crippen LogP contribution < -0.4 is 0 Å². The van der Waals surface area contributed by atoms with Crippen LogP contribution >= 0.6 is 0 Å². The Hall–Kier alpha value is -0.520. The predicted octanol–water partition coefficient (Wildman–Crippen LogP) is 5.85. The van der Waals surface area contributed by atoms with Gasteiger partial charge in [-0.3, -0.25) is 0 Å². The van der Waals surface area contributed by atoms with Crippen molar-refractivity contribution in [2.75, 3.05) is 0 Å². The minimum atomic E-state index is 1.06. The summed E-state index contributed by atoms with van der Waals surface area (Å²) in [5.41, 5.74) is 0. The topological polar surface area (TPSA) is 0 Å². The van der Waals surface area contributed by atoms with Gasteiger partial charge in [-0.2, -0.15) is 0 Å². The molecule has 0 aliphatic rings. The quantitative estimate of drug-likeness (QED) is 0.303. The Balaban J connectivity index is 3.12. The van der Waals surface area contributed by atoms with Gasteiger partial charge in [-0.25, -0.2) is 0 Å². The van der Waals surface area contributed by atoms with E-state index in [2.05, 4.69) is 38.2 Å². The maximum Gasteiger partial charge on any atom is -0.0316 e. The van der Waals surface area contributed by atoms with Crippen molar-refractivity contribution in [2.24, 2.45) is 0 Å². The molecule has 0 aliphatic heterocycles. The molecular weight excluding hydrogens is 192 g/mol. The molecule has 0 spiro atoms. The molecule has 0 N–H and O–H groups in total. The van der Waals surface area contributed by atoms with Gasteiger partial charge in [-0.15, -0.1) is 0 Å². The van der Waals surface area contributed by atoms with Gasteiger partial charge >= 0.3 is 0 Å². The number of hydrogen-bond donors (Lipinski definition) is 0. The van der Waals surface area contributed by atoms with Crippen molar-refractivity contribution in [1.82, 2.24) is 0 Å². The highest BCUT2D eigenvalue weighted by atomic mass is 13.9. The molecule has 0 atom stereocenters. The molecule has 0 aromatic heterocycles. The Morgan fingerprint density at radius 3 is 1.81 bits per heavy atom. The van der Waals surface area contributed by atoms with Gasteiger partial charge in [0.05, 0.1) is 0 Å². The molecule has 16 heavy (non-hydrogen) atoms. The highest BCUT2D eigenvalue weighted by Gasteiger charge is 1.84. The van der Waals surface area contributed by atoms with Crippen molar-refractivity contribution in [2.45, 2.75) is 71.1 Å². The summed E-state index contributed by atoms with van der Waals surface area (Å²) in [6.45, 7) is 6.09. The van der Waals surface area contributed by atoms with Crippen molar-refractivity contribution in [3.8, 4) is 0 Å². The van der Waals surface area contributed by atoms with Crippen molar-refractivity contribution in [3.05, 3.63) is 31.2 Å². The van der Waals surface area contributed by atoms with Crippen LogP contribution in [0.15, 0.2) is 24.3 Å². The number of hydrogen-bond acceptors (Lipinski definition) is 0. The zero-order chi connectivity index (χ0) is 11.9. The van der Waals surface area contributed by atoms with Gasteiger partial charge in [0.2, 0.25) is 0 Å². The highest BCUT2D eigenvalue weighted by Crippen LogP contribution is 2.04. The molecule has 0 fully saturated rings. The van der Waals surface area contributed by atoms with Gasteiger partial charge < -0.3 is 0 Å². The third-order valence-electron chi connectivity index (χ3n) is 2.68. The number of allylic oxidation sites excluding steroid dienone is 4. The molecule has 0 saturated heterocycles. The second kappa shape index (κ2) is 14.5. The molecule has 1 radical (unpaired) electrons. The van der Waals surface area contributed by atoms with E-state index >= 15 is 0 Å². The third kappa shape index (κ3) is 13.5. The standard InChI is InChI=1S/C16H29/c1-3-5-7-9-11-13-15-16-14-12-10-8-6-4-2/h9,11,14,16H,1,3-8,10,12-13,15H2,2H3. The fourth-order valence-electron chi connectivity index (χ4n) is 1.62. The summed E-state index contributed by atoms with van der Waals surface area (Å²) in [4.78, 5) is 0. The summed E-state index contributed by atoms with van der Waals surface area (Å²) in [6, 6.07) is 0. The average Bonchev–Trinajstić information content (AvgIpc) is 2.31. The molecule has 0 aromatic rings. The van der Waals surface area contributed by atoms with Gasteiger partial charge in [0.15, 0.2) is 0 Å². The Kier molecular flexibility index (Phi) is 14.0. The lowest BCUT2D eigenvalue weighted by Gasteiger charge is -1.94. The Morgan fingerprint density at radius 2 is 1.25 bits per heavy atom. The van der Waals surface area contributed by atoms with Crippen LogP contribution in [0.2, 0.25) is 0 Å². The Bertz CT molecular complexity index is 165. The van der Waals surface area contributed by atoms with E-state index in [1.807, 2.05) is 0 Å². The molecule has 0 bridgehead atoms. The molecule has 0 aromatic carbocycles. The summed E-state index contributed by atoms with van der Waals surface area (Å²) >= 11 is 0. The lowest BCUT2D eigenvalue weighted by molar-refractivity contribution is 0.674. The van der Waals surface area contributed by atoms with Crippen molar-refractivity contribution < 1.29 is 0 Å². The van der Waals surface area contributed by atoms with Crippen molar-refractivity contribution in [1.29, 1.82) is 0 Å². The summed E-state index contributed by atoms with van der Waals surface area (Å²) in [5.74, 6) is 0. The van der Waals surface area contributed by atoms with Crippen molar-refractivity contribution in [3.63, 3.8) is 0 Å². The maximum absolute atomic E-state index is 3.83. The van der Waals surface area contributed by atoms with Crippen LogP contribution in [0.4, 0.5) is 0 Å². The zero-order valence-electron chi connectivity index (χ0n) is 11.1. The summed E-state index contributed by atoms with van der Waals surface area (Å²) < 4.78 is 0. The molecule has 0 nitrogen and oxygen atoms in total. The number of rotatable bonds is 11.